The molecule has 0 aromatic carbocycles. The number of hydrogen-bond acceptors (Lipinski definition) is 4. The van der Waals surface area contributed by atoms with Crippen LogP contribution in [0.15, 0.2) is 6.07 Å². The van der Waals surface area contributed by atoms with Gasteiger partial charge in [0, 0.05) is 25.1 Å². The molecule has 0 amide bonds. The molecule has 0 aliphatic carbocycles. The van der Waals surface area contributed by atoms with Gasteiger partial charge >= 0.3 is 0 Å². The van der Waals surface area contributed by atoms with E-state index in [0.717, 1.165) is 37.4 Å². The lowest BCUT2D eigenvalue weighted by Crippen LogP contribution is -2.32. The lowest BCUT2D eigenvalue weighted by molar-refractivity contribution is 0.657. The van der Waals surface area contributed by atoms with Crippen molar-refractivity contribution < 1.29 is 0 Å². The Morgan fingerprint density at radius 3 is 2.47 bits per heavy atom. The summed E-state index contributed by atoms with van der Waals surface area (Å²) in [6, 6.07) is 2.30. The van der Waals surface area contributed by atoms with Gasteiger partial charge in [0.2, 0.25) is 0 Å². The van der Waals surface area contributed by atoms with Gasteiger partial charge in [0.1, 0.15) is 17.5 Å². The van der Waals surface area contributed by atoms with Gasteiger partial charge in [-0.25, -0.2) is 9.97 Å². The van der Waals surface area contributed by atoms with Crippen molar-refractivity contribution in [3.05, 3.63) is 11.9 Å². The molecule has 0 unspecified atom stereocenters. The average Bonchev–Trinajstić information content (AvgIpc) is 2.25. The van der Waals surface area contributed by atoms with Crippen LogP contribution in [0.25, 0.3) is 0 Å². The highest BCUT2D eigenvalue weighted by Crippen LogP contribution is 2.17. The summed E-state index contributed by atoms with van der Waals surface area (Å²) in [4.78, 5) is 11.1. The van der Waals surface area contributed by atoms with Crippen LogP contribution < -0.4 is 10.6 Å². The zero-order chi connectivity index (χ0) is 12.8. The molecular weight excluding hydrogens is 212 g/mol. The van der Waals surface area contributed by atoms with Gasteiger partial charge in [0.15, 0.2) is 0 Å². The molecule has 4 nitrogen and oxygen atoms in total. The lowest BCUT2D eigenvalue weighted by atomic mass is 10.2. The van der Waals surface area contributed by atoms with Crippen LogP contribution in [-0.2, 0) is 6.42 Å². The molecule has 1 heterocycles. The van der Waals surface area contributed by atoms with E-state index in [0.29, 0.717) is 11.9 Å². The first-order valence-electron chi connectivity index (χ1n) is 6.48. The lowest BCUT2D eigenvalue weighted by Gasteiger charge is -2.27. The van der Waals surface area contributed by atoms with E-state index in [1.807, 2.05) is 6.07 Å². The Hall–Kier alpha value is -1.32. The van der Waals surface area contributed by atoms with E-state index >= 15 is 0 Å². The van der Waals surface area contributed by atoms with Gasteiger partial charge in [-0.2, -0.15) is 0 Å². The molecule has 96 valence electrons. The van der Waals surface area contributed by atoms with Crippen LogP contribution in [0.1, 0.15) is 46.4 Å². The summed E-state index contributed by atoms with van der Waals surface area (Å²) >= 11 is 0. The molecule has 0 atom stereocenters. The molecule has 4 heteroatoms. The Balaban J connectivity index is 3.00. The molecule has 1 aromatic heterocycles. The predicted molar refractivity (Wildman–Crippen MR) is 73.2 cm³/mol. The number of aromatic nitrogens is 2. The van der Waals surface area contributed by atoms with E-state index in [-0.39, 0.29) is 0 Å². The van der Waals surface area contributed by atoms with Crippen molar-refractivity contribution in [2.24, 2.45) is 0 Å². The number of hydrogen-bond donors (Lipinski definition) is 1. The van der Waals surface area contributed by atoms with Crippen molar-refractivity contribution in [1.82, 2.24) is 9.97 Å². The van der Waals surface area contributed by atoms with E-state index in [1.165, 1.54) is 0 Å². The van der Waals surface area contributed by atoms with Gasteiger partial charge in [0.05, 0.1) is 0 Å². The van der Waals surface area contributed by atoms with Gasteiger partial charge in [-0.1, -0.05) is 13.8 Å². The van der Waals surface area contributed by atoms with E-state index in [9.17, 15) is 0 Å². The van der Waals surface area contributed by atoms with Gasteiger partial charge in [0.25, 0.3) is 0 Å². The third kappa shape index (κ3) is 3.88. The number of anilines is 2. The maximum Gasteiger partial charge on any atom is 0.134 e. The van der Waals surface area contributed by atoms with E-state index in [2.05, 4.69) is 42.6 Å². The van der Waals surface area contributed by atoms with E-state index in [1.54, 1.807) is 0 Å². The average molecular weight is 236 g/mol. The maximum atomic E-state index is 5.85. The Morgan fingerprint density at radius 2 is 1.94 bits per heavy atom. The fraction of sp³-hybridized carbons (Fsp3) is 0.692. The first kappa shape index (κ1) is 13.7. The standard InChI is InChI=1S/C13H24N4/c1-5-7-12-15-11(14)9-13(16-12)17(8-6-2)10(3)4/h9-10H,5-8H2,1-4H3,(H2,14,15,16). The second kappa shape index (κ2) is 6.42. The van der Waals surface area contributed by atoms with Crippen molar-refractivity contribution in [3.8, 4) is 0 Å². The van der Waals surface area contributed by atoms with E-state index in [4.69, 9.17) is 5.73 Å². The molecule has 0 saturated heterocycles. The van der Waals surface area contributed by atoms with Gasteiger partial charge in [-0.3, -0.25) is 0 Å². The zero-order valence-electron chi connectivity index (χ0n) is 11.4. The molecule has 17 heavy (non-hydrogen) atoms. The summed E-state index contributed by atoms with van der Waals surface area (Å²) in [7, 11) is 0. The molecule has 0 radical (unpaired) electrons. The topological polar surface area (TPSA) is 55.0 Å². The minimum atomic E-state index is 0.429. The second-order valence-electron chi connectivity index (χ2n) is 4.60. The highest BCUT2D eigenvalue weighted by atomic mass is 15.2. The summed E-state index contributed by atoms with van der Waals surface area (Å²) < 4.78 is 0. The monoisotopic (exact) mass is 236 g/mol. The van der Waals surface area contributed by atoms with Crippen molar-refractivity contribution in [1.29, 1.82) is 0 Å². The Labute approximate surface area is 104 Å². The zero-order valence-corrected chi connectivity index (χ0v) is 11.4. The minimum absolute atomic E-state index is 0.429. The second-order valence-corrected chi connectivity index (χ2v) is 4.60. The third-order valence-electron chi connectivity index (χ3n) is 2.63. The molecule has 0 saturated carbocycles. The fourth-order valence-electron chi connectivity index (χ4n) is 1.86. The maximum absolute atomic E-state index is 5.85. The van der Waals surface area contributed by atoms with Crippen LogP contribution in [0.4, 0.5) is 11.6 Å². The molecule has 0 bridgehead atoms. The van der Waals surface area contributed by atoms with Crippen molar-refractivity contribution in [2.45, 2.75) is 53.0 Å². The summed E-state index contributed by atoms with van der Waals surface area (Å²) in [6.07, 6.45) is 3.03. The van der Waals surface area contributed by atoms with Crippen molar-refractivity contribution >= 4 is 11.6 Å². The van der Waals surface area contributed by atoms with Crippen LogP contribution in [-0.4, -0.2) is 22.6 Å². The number of nitrogens with two attached hydrogens (primary N) is 1. The Bertz CT molecular complexity index is 349. The molecule has 0 aliphatic rings. The number of nitrogen functional groups attached to an aromatic ring is 1. The van der Waals surface area contributed by atoms with Crippen LogP contribution in [0.5, 0.6) is 0 Å². The van der Waals surface area contributed by atoms with Crippen LogP contribution >= 0.6 is 0 Å². The van der Waals surface area contributed by atoms with Crippen molar-refractivity contribution in [3.63, 3.8) is 0 Å². The highest BCUT2D eigenvalue weighted by molar-refractivity contribution is 5.47. The predicted octanol–water partition coefficient (Wildman–Crippen LogP) is 2.64. The normalized spacial score (nSPS) is 10.9. The van der Waals surface area contributed by atoms with Crippen molar-refractivity contribution in [2.75, 3.05) is 17.2 Å². The van der Waals surface area contributed by atoms with Gasteiger partial charge in [-0.05, 0) is 26.7 Å². The number of aryl methyl sites for hydroxylation is 1. The molecule has 0 aliphatic heterocycles. The SMILES string of the molecule is CCCc1nc(N)cc(N(CCC)C(C)C)n1. The van der Waals surface area contributed by atoms with E-state index < -0.39 is 0 Å². The smallest absolute Gasteiger partial charge is 0.134 e. The summed E-state index contributed by atoms with van der Waals surface area (Å²) in [5.41, 5.74) is 5.85. The molecule has 0 spiro atoms. The van der Waals surface area contributed by atoms with Crippen LogP contribution in [0.2, 0.25) is 0 Å². The summed E-state index contributed by atoms with van der Waals surface area (Å²) in [5, 5.41) is 0. The molecule has 1 aromatic rings. The van der Waals surface area contributed by atoms with Gasteiger partial charge < -0.3 is 10.6 Å². The van der Waals surface area contributed by atoms with Crippen LogP contribution in [0, 0.1) is 0 Å². The first-order valence-corrected chi connectivity index (χ1v) is 6.48. The first-order chi connectivity index (χ1) is 8.08. The number of nitrogens with zero attached hydrogens (tertiary/aromatic N) is 3. The number of rotatable bonds is 6. The largest absolute Gasteiger partial charge is 0.384 e. The Kier molecular flexibility index (Phi) is 5.19. The van der Waals surface area contributed by atoms with Crippen LogP contribution in [0.3, 0.4) is 0 Å². The Morgan fingerprint density at radius 1 is 1.24 bits per heavy atom. The highest BCUT2D eigenvalue weighted by Gasteiger charge is 2.12. The summed E-state index contributed by atoms with van der Waals surface area (Å²) in [6.45, 7) is 9.64. The molecule has 0 fully saturated rings. The van der Waals surface area contributed by atoms with Gasteiger partial charge in [-0.15, -0.1) is 0 Å². The molecular formula is C13H24N4. The molecule has 1 rings (SSSR count). The fourth-order valence-corrected chi connectivity index (χ4v) is 1.86. The summed E-state index contributed by atoms with van der Waals surface area (Å²) in [5.74, 6) is 2.38. The quantitative estimate of drug-likeness (QED) is 0.825. The molecule has 2 N–H and O–H groups in total. The minimum Gasteiger partial charge on any atom is -0.384 e. The third-order valence-corrected chi connectivity index (χ3v) is 2.63.